The van der Waals surface area contributed by atoms with E-state index in [0.717, 1.165) is 56.8 Å². The third-order valence-electron chi connectivity index (χ3n) is 6.95. The maximum absolute atomic E-state index is 13.1. The number of carbonyl (C=O) groups excluding carboxylic acids is 2. The van der Waals surface area contributed by atoms with Crippen LogP contribution in [0.1, 0.15) is 53.7 Å². The van der Waals surface area contributed by atoms with Gasteiger partial charge >= 0.3 is 5.97 Å². The number of aliphatic hydroxyl groups is 1. The third kappa shape index (κ3) is 8.37. The monoisotopic (exact) mass is 615 g/mol. The van der Waals surface area contributed by atoms with Gasteiger partial charge in [0.25, 0.3) is 5.91 Å². The molecule has 2 aromatic heterocycles. The highest BCUT2D eigenvalue weighted by Crippen LogP contribution is 2.32. The standard InChI is InChI=1S/C29H38ClN7O4S/c1-4-5-6-10-26(39)41-19-37(25-17-24(32-21(3)33-25)36-13-11-35(12-14-36)15-16-38)29-31-18-23(42-29)28(40)34-27-20(2)8-7-9-22(27)30/h7-9,17-18,38H,4-6,10-16,19H2,1-3H3,(H,34,40). The molecular weight excluding hydrogens is 578 g/mol. The lowest BCUT2D eigenvalue weighted by Crippen LogP contribution is -2.47. The fraction of sp³-hybridized carbons (Fsp3) is 0.483. The van der Waals surface area contributed by atoms with Gasteiger partial charge in [0, 0.05) is 45.2 Å². The lowest BCUT2D eigenvalue weighted by Gasteiger charge is -2.35. The summed E-state index contributed by atoms with van der Waals surface area (Å²) in [6.07, 6.45) is 4.55. The summed E-state index contributed by atoms with van der Waals surface area (Å²) in [6, 6.07) is 7.28. The number of rotatable bonds is 13. The van der Waals surface area contributed by atoms with Crippen molar-refractivity contribution in [3.8, 4) is 0 Å². The molecule has 0 aliphatic carbocycles. The Kier molecular flexibility index (Phi) is 11.5. The van der Waals surface area contributed by atoms with E-state index in [1.165, 1.54) is 17.5 Å². The summed E-state index contributed by atoms with van der Waals surface area (Å²) in [7, 11) is 0. The van der Waals surface area contributed by atoms with Crippen LogP contribution in [0.2, 0.25) is 5.02 Å². The number of aromatic nitrogens is 3. The number of benzene rings is 1. The molecule has 1 aromatic carbocycles. The van der Waals surface area contributed by atoms with E-state index in [1.54, 1.807) is 11.0 Å². The first-order chi connectivity index (χ1) is 20.3. The molecule has 226 valence electrons. The molecule has 4 rings (SSSR count). The van der Waals surface area contributed by atoms with E-state index in [1.807, 2.05) is 32.0 Å². The molecule has 0 radical (unpaired) electrons. The van der Waals surface area contributed by atoms with E-state index >= 15 is 0 Å². The highest BCUT2D eigenvalue weighted by Gasteiger charge is 2.24. The number of ether oxygens (including phenoxy) is 1. The number of piperazine rings is 1. The molecule has 3 aromatic rings. The molecule has 2 N–H and O–H groups in total. The zero-order chi connectivity index (χ0) is 30.1. The Morgan fingerprint density at radius 1 is 1.17 bits per heavy atom. The lowest BCUT2D eigenvalue weighted by molar-refractivity contribution is -0.143. The van der Waals surface area contributed by atoms with Gasteiger partial charge in [0.05, 0.1) is 23.5 Å². The third-order valence-corrected chi connectivity index (χ3v) is 8.28. The molecule has 3 heterocycles. The van der Waals surface area contributed by atoms with Crippen LogP contribution in [0.3, 0.4) is 0 Å². The maximum Gasteiger partial charge on any atom is 0.307 e. The molecule has 0 saturated carbocycles. The Bertz CT molecular complexity index is 1340. The summed E-state index contributed by atoms with van der Waals surface area (Å²) < 4.78 is 5.65. The summed E-state index contributed by atoms with van der Waals surface area (Å²) in [6.45, 7) is 9.58. The highest BCUT2D eigenvalue weighted by molar-refractivity contribution is 7.17. The van der Waals surface area contributed by atoms with Crippen LogP contribution in [0.15, 0.2) is 30.5 Å². The molecule has 0 atom stereocenters. The summed E-state index contributed by atoms with van der Waals surface area (Å²) in [5, 5.41) is 13.1. The van der Waals surface area contributed by atoms with Gasteiger partial charge in [0.2, 0.25) is 0 Å². The topological polar surface area (TPSA) is 124 Å². The van der Waals surface area contributed by atoms with Crippen LogP contribution in [-0.4, -0.2) is 82.9 Å². The van der Waals surface area contributed by atoms with E-state index in [2.05, 4.69) is 37.0 Å². The van der Waals surface area contributed by atoms with Gasteiger partial charge in [0.15, 0.2) is 11.9 Å². The fourth-order valence-electron chi connectivity index (χ4n) is 4.59. The number of amides is 1. The SMILES string of the molecule is CCCCCC(=O)OCN(c1cc(N2CCN(CCO)CC2)nc(C)n1)c1ncc(C(=O)Nc2c(C)cccc2Cl)s1. The van der Waals surface area contributed by atoms with Crippen LogP contribution in [0.4, 0.5) is 22.5 Å². The zero-order valence-corrected chi connectivity index (χ0v) is 25.9. The molecule has 0 bridgehead atoms. The molecule has 0 unspecified atom stereocenters. The van der Waals surface area contributed by atoms with Crippen molar-refractivity contribution in [1.29, 1.82) is 0 Å². The van der Waals surface area contributed by atoms with Crippen molar-refractivity contribution in [1.82, 2.24) is 19.9 Å². The van der Waals surface area contributed by atoms with Gasteiger partial charge in [-0.15, -0.1) is 0 Å². The van der Waals surface area contributed by atoms with Crippen molar-refractivity contribution in [3.63, 3.8) is 0 Å². The average molecular weight is 616 g/mol. The zero-order valence-electron chi connectivity index (χ0n) is 24.3. The largest absolute Gasteiger partial charge is 0.444 e. The molecule has 42 heavy (non-hydrogen) atoms. The Morgan fingerprint density at radius 2 is 1.95 bits per heavy atom. The number of unbranched alkanes of at least 4 members (excludes halogenated alkanes) is 2. The van der Waals surface area contributed by atoms with Gasteiger partial charge in [-0.05, 0) is 31.9 Å². The molecule has 1 saturated heterocycles. The second kappa shape index (κ2) is 15.2. The number of halogens is 1. The summed E-state index contributed by atoms with van der Waals surface area (Å²) in [4.78, 5) is 45.9. The van der Waals surface area contributed by atoms with Gasteiger partial charge in [0.1, 0.15) is 22.3 Å². The van der Waals surface area contributed by atoms with Crippen molar-refractivity contribution in [2.45, 2.75) is 46.5 Å². The smallest absolute Gasteiger partial charge is 0.307 e. The average Bonchev–Trinajstić information content (AvgIpc) is 3.46. The van der Waals surface area contributed by atoms with Crippen molar-refractivity contribution in [2.24, 2.45) is 0 Å². The molecule has 1 aliphatic rings. The van der Waals surface area contributed by atoms with Gasteiger partial charge in [-0.25, -0.2) is 15.0 Å². The minimum atomic E-state index is -0.341. The van der Waals surface area contributed by atoms with Gasteiger partial charge in [-0.2, -0.15) is 0 Å². The maximum atomic E-state index is 13.1. The number of thiazole rings is 1. The van der Waals surface area contributed by atoms with Crippen LogP contribution >= 0.6 is 22.9 Å². The van der Waals surface area contributed by atoms with Crippen molar-refractivity contribution >= 4 is 57.3 Å². The summed E-state index contributed by atoms with van der Waals surface area (Å²) in [5.74, 6) is 1.18. The van der Waals surface area contributed by atoms with Gasteiger partial charge in [-0.1, -0.05) is 54.8 Å². The number of para-hydroxylation sites is 1. The summed E-state index contributed by atoms with van der Waals surface area (Å²) >= 11 is 7.48. The number of anilines is 4. The predicted molar refractivity (Wildman–Crippen MR) is 166 cm³/mol. The molecule has 11 nitrogen and oxygen atoms in total. The Labute approximate surface area is 255 Å². The first-order valence-electron chi connectivity index (χ1n) is 14.2. The number of hydrogen-bond acceptors (Lipinski definition) is 11. The second-order valence-corrected chi connectivity index (χ2v) is 11.5. The summed E-state index contributed by atoms with van der Waals surface area (Å²) in [5.41, 5.74) is 1.39. The predicted octanol–water partition coefficient (Wildman–Crippen LogP) is 4.79. The molecule has 1 fully saturated rings. The number of nitrogens with one attached hydrogen (secondary N) is 1. The Morgan fingerprint density at radius 3 is 2.67 bits per heavy atom. The number of carbonyl (C=O) groups is 2. The van der Waals surface area contributed by atoms with Crippen LogP contribution < -0.4 is 15.1 Å². The normalized spacial score (nSPS) is 13.7. The van der Waals surface area contributed by atoms with Crippen LogP contribution in [0.5, 0.6) is 0 Å². The minimum Gasteiger partial charge on any atom is -0.444 e. The number of nitrogens with zero attached hydrogens (tertiary/aromatic N) is 6. The van der Waals surface area contributed by atoms with Crippen LogP contribution in [0, 0.1) is 13.8 Å². The van der Waals surface area contributed by atoms with E-state index in [9.17, 15) is 14.7 Å². The number of esters is 1. The first kappa shape index (κ1) is 31.6. The fourth-order valence-corrected chi connectivity index (χ4v) is 5.66. The first-order valence-corrected chi connectivity index (χ1v) is 15.4. The number of β-amino-alcohol motifs (C(OH)–C–C–N with tert-alkyl or cyclic N) is 1. The molecule has 1 aliphatic heterocycles. The van der Waals surface area contributed by atoms with E-state index < -0.39 is 0 Å². The number of aryl methyl sites for hydroxylation is 2. The van der Waals surface area contributed by atoms with Gasteiger partial charge in [-0.3, -0.25) is 19.4 Å². The van der Waals surface area contributed by atoms with E-state index in [0.29, 0.717) is 45.3 Å². The molecule has 1 amide bonds. The van der Waals surface area contributed by atoms with Crippen LogP contribution in [-0.2, 0) is 9.53 Å². The van der Waals surface area contributed by atoms with Crippen molar-refractivity contribution in [3.05, 3.63) is 51.7 Å². The molecular formula is C29H38ClN7O4S. The highest BCUT2D eigenvalue weighted by atomic mass is 35.5. The van der Waals surface area contributed by atoms with E-state index in [-0.39, 0.29) is 25.2 Å². The number of hydrogen-bond donors (Lipinski definition) is 2. The van der Waals surface area contributed by atoms with Gasteiger partial charge < -0.3 is 20.1 Å². The number of aliphatic hydroxyl groups excluding tert-OH is 1. The Hall–Kier alpha value is -3.32. The molecule has 0 spiro atoms. The second-order valence-electron chi connectivity index (χ2n) is 10.1. The van der Waals surface area contributed by atoms with Crippen molar-refractivity contribution < 1.29 is 19.4 Å². The quantitative estimate of drug-likeness (QED) is 0.158. The lowest BCUT2D eigenvalue weighted by atomic mass is 10.2. The minimum absolute atomic E-state index is 0.108. The van der Waals surface area contributed by atoms with Crippen molar-refractivity contribution in [2.75, 3.05) is 61.2 Å². The van der Waals surface area contributed by atoms with E-state index in [4.69, 9.17) is 16.3 Å². The molecule has 13 heteroatoms. The Balaban J connectivity index is 1.58. The van der Waals surface area contributed by atoms with Crippen LogP contribution in [0.25, 0.3) is 0 Å².